The first-order valence-electron chi connectivity index (χ1n) is 31.6. The predicted molar refractivity (Wildman–Crippen MR) is 372 cm³/mol. The van der Waals surface area contributed by atoms with Gasteiger partial charge in [0.05, 0.1) is 16.4 Å². The number of hydrogen-bond donors (Lipinski definition) is 0. The van der Waals surface area contributed by atoms with Crippen LogP contribution in [0.3, 0.4) is 0 Å². The normalized spacial score (nSPS) is 15.4. The highest BCUT2D eigenvalue weighted by Crippen LogP contribution is 2.64. The maximum Gasteiger partial charge on any atom is 0.0725 e. The number of fused-ring (bicyclic) bond motifs is 16. The second kappa shape index (κ2) is 19.9. The lowest BCUT2D eigenvalue weighted by Gasteiger charge is -2.36. The average molecular weight is 1130 g/mol. The molecule has 2 unspecified atom stereocenters. The molecule has 0 N–H and O–H groups in total. The Balaban J connectivity index is 0.787. The molecule has 0 bridgehead atoms. The van der Waals surface area contributed by atoms with Crippen molar-refractivity contribution < 1.29 is 0 Å². The van der Waals surface area contributed by atoms with E-state index in [1.165, 1.54) is 128 Å². The number of benzene rings is 12. The lowest BCUT2D eigenvalue weighted by molar-refractivity contribution is 0.229. The molecule has 0 amide bonds. The Morgan fingerprint density at radius 2 is 0.773 bits per heavy atom. The SMILES string of the molecule is CC(C)(C)CC(c1ccc(-c2ccc3c(c2)C2(c4ccccc4-3)c3ccccc3-c3ccc(-c4ccc5c(c4)c4ccccc4n5-c4ccc(N(c5ccc(-c6ccccc6)cc5)c5ccc6c(c5)C(C)(C)c5ccccc5-6)cc4)cc32)cc1)C(C)(C)C. The van der Waals surface area contributed by atoms with E-state index in [0.29, 0.717) is 5.92 Å². The minimum atomic E-state index is -0.496. The highest BCUT2D eigenvalue weighted by Gasteiger charge is 2.52. The van der Waals surface area contributed by atoms with Crippen molar-refractivity contribution in [2.75, 3.05) is 4.90 Å². The number of rotatable bonds is 9. The van der Waals surface area contributed by atoms with E-state index >= 15 is 0 Å². The molecule has 0 saturated carbocycles. The van der Waals surface area contributed by atoms with Gasteiger partial charge in [-0.3, -0.25) is 0 Å². The summed E-state index contributed by atoms with van der Waals surface area (Å²) in [6, 6.07) is 104. The van der Waals surface area contributed by atoms with Gasteiger partial charge in [-0.05, 0) is 208 Å². The van der Waals surface area contributed by atoms with Crippen LogP contribution in [0.15, 0.2) is 273 Å². The summed E-state index contributed by atoms with van der Waals surface area (Å²) in [5.74, 6) is 0.458. The summed E-state index contributed by atoms with van der Waals surface area (Å²) in [5.41, 5.74) is 31.4. The average Bonchev–Trinajstić information content (AvgIpc) is 1.54. The van der Waals surface area contributed by atoms with E-state index in [0.717, 1.165) is 29.2 Å². The Kier molecular flexibility index (Phi) is 12.1. The van der Waals surface area contributed by atoms with Crippen molar-refractivity contribution in [1.82, 2.24) is 4.57 Å². The van der Waals surface area contributed by atoms with Crippen molar-refractivity contribution in [3.05, 3.63) is 312 Å². The largest absolute Gasteiger partial charge is 0.310 e. The van der Waals surface area contributed by atoms with Gasteiger partial charge in [-0.1, -0.05) is 250 Å². The molecule has 1 heterocycles. The first-order valence-corrected chi connectivity index (χ1v) is 31.6. The number of para-hydroxylation sites is 1. The first-order chi connectivity index (χ1) is 42.6. The monoisotopic (exact) mass is 1130 g/mol. The van der Waals surface area contributed by atoms with Crippen LogP contribution in [0, 0.1) is 10.8 Å². The van der Waals surface area contributed by atoms with Crippen LogP contribution in [0.5, 0.6) is 0 Å². The zero-order valence-corrected chi connectivity index (χ0v) is 51.7. The molecule has 3 aliphatic carbocycles. The summed E-state index contributed by atoms with van der Waals surface area (Å²) in [5, 5.41) is 2.47. The van der Waals surface area contributed by atoms with Gasteiger partial charge in [-0.25, -0.2) is 0 Å². The maximum absolute atomic E-state index is 2.53. The third-order valence-corrected chi connectivity index (χ3v) is 20.0. The van der Waals surface area contributed by atoms with Gasteiger partial charge in [0.15, 0.2) is 0 Å². The predicted octanol–water partition coefficient (Wildman–Crippen LogP) is 23.5. The van der Waals surface area contributed by atoms with Crippen molar-refractivity contribution in [3.8, 4) is 72.4 Å². The molecule has 2 atom stereocenters. The van der Waals surface area contributed by atoms with Gasteiger partial charge in [-0.2, -0.15) is 0 Å². The molecule has 0 saturated heterocycles. The highest BCUT2D eigenvalue weighted by molar-refractivity contribution is 6.11. The summed E-state index contributed by atoms with van der Waals surface area (Å²) in [4.78, 5) is 2.42. The molecule has 88 heavy (non-hydrogen) atoms. The second-order valence-electron chi connectivity index (χ2n) is 27.9. The molecular formula is C86H72N2. The standard InChI is InChI=1S/C86H72N2/c1-83(2,3)54-80(84(4,5)6)58-32-30-57(31-33-58)60-36-46-70-67-23-13-17-27-75(67)86(78(70)51-60)76-28-18-14-24-68(76)71-47-37-61(52-79(71)86)59-38-49-82-73(50-59)72-25-15-19-29-81(72)88(82)64-43-41-63(42-44-64)87(62-39-34-56(35-40-62)55-20-10-9-11-21-55)65-45-48-69-66-22-12-16-26-74(66)85(7,8)77(69)53-65/h9-53,80H,54H2,1-8H3. The third kappa shape index (κ3) is 8.36. The van der Waals surface area contributed by atoms with E-state index in [-0.39, 0.29) is 16.2 Å². The minimum Gasteiger partial charge on any atom is -0.310 e. The Hall–Kier alpha value is -9.76. The smallest absolute Gasteiger partial charge is 0.0725 e. The molecule has 12 aromatic carbocycles. The van der Waals surface area contributed by atoms with Crippen molar-refractivity contribution in [3.63, 3.8) is 0 Å². The molecule has 2 nitrogen and oxygen atoms in total. The zero-order chi connectivity index (χ0) is 59.8. The third-order valence-electron chi connectivity index (χ3n) is 20.0. The van der Waals surface area contributed by atoms with Crippen LogP contribution in [-0.4, -0.2) is 4.57 Å². The summed E-state index contributed by atoms with van der Waals surface area (Å²) in [6.07, 6.45) is 1.14. The number of anilines is 3. The van der Waals surface area contributed by atoms with E-state index in [4.69, 9.17) is 0 Å². The van der Waals surface area contributed by atoms with Gasteiger partial charge in [-0.15, -0.1) is 0 Å². The molecular weight excluding hydrogens is 1060 g/mol. The Morgan fingerprint density at radius 3 is 1.40 bits per heavy atom. The molecule has 426 valence electrons. The van der Waals surface area contributed by atoms with E-state index in [9.17, 15) is 0 Å². The Morgan fingerprint density at radius 1 is 0.341 bits per heavy atom. The Bertz CT molecular complexity index is 4890. The topological polar surface area (TPSA) is 8.17 Å². The molecule has 2 heteroatoms. The fraction of sp³-hybridized carbons (Fsp3) is 0.163. The summed E-state index contributed by atoms with van der Waals surface area (Å²) in [6.45, 7) is 19.0. The van der Waals surface area contributed by atoms with Gasteiger partial charge in [0.25, 0.3) is 0 Å². The van der Waals surface area contributed by atoms with Crippen LogP contribution in [-0.2, 0) is 10.8 Å². The van der Waals surface area contributed by atoms with E-state index in [2.05, 4.69) is 338 Å². The van der Waals surface area contributed by atoms with Crippen LogP contribution in [0.25, 0.3) is 94.3 Å². The van der Waals surface area contributed by atoms with Crippen LogP contribution in [0.4, 0.5) is 17.1 Å². The molecule has 13 aromatic rings. The van der Waals surface area contributed by atoms with E-state index in [1.54, 1.807) is 0 Å². The maximum atomic E-state index is 2.53. The van der Waals surface area contributed by atoms with Crippen LogP contribution in [0.2, 0.25) is 0 Å². The van der Waals surface area contributed by atoms with Crippen molar-refractivity contribution >= 4 is 38.9 Å². The molecule has 0 radical (unpaired) electrons. The first kappa shape index (κ1) is 53.7. The van der Waals surface area contributed by atoms with Gasteiger partial charge in [0.2, 0.25) is 0 Å². The summed E-state index contributed by atoms with van der Waals surface area (Å²) in [7, 11) is 0. The Labute approximate surface area is 519 Å². The highest BCUT2D eigenvalue weighted by atomic mass is 15.1. The van der Waals surface area contributed by atoms with E-state index < -0.39 is 5.41 Å². The summed E-state index contributed by atoms with van der Waals surface area (Å²) < 4.78 is 2.45. The lowest BCUT2D eigenvalue weighted by atomic mass is 9.69. The summed E-state index contributed by atoms with van der Waals surface area (Å²) >= 11 is 0. The van der Waals surface area contributed by atoms with Gasteiger partial charge < -0.3 is 9.47 Å². The lowest BCUT2D eigenvalue weighted by Crippen LogP contribution is -2.26. The molecule has 1 spiro atoms. The molecule has 1 aromatic heterocycles. The molecule has 0 aliphatic heterocycles. The molecule has 3 aliphatic rings. The van der Waals surface area contributed by atoms with Crippen molar-refractivity contribution in [2.45, 2.75) is 78.6 Å². The minimum absolute atomic E-state index is 0.129. The van der Waals surface area contributed by atoms with E-state index in [1.807, 2.05) is 0 Å². The van der Waals surface area contributed by atoms with Crippen LogP contribution >= 0.6 is 0 Å². The van der Waals surface area contributed by atoms with Gasteiger partial charge in [0.1, 0.15) is 0 Å². The van der Waals surface area contributed by atoms with Crippen LogP contribution < -0.4 is 4.90 Å². The zero-order valence-electron chi connectivity index (χ0n) is 51.7. The van der Waals surface area contributed by atoms with Crippen molar-refractivity contribution in [1.29, 1.82) is 0 Å². The number of aromatic nitrogens is 1. The van der Waals surface area contributed by atoms with Gasteiger partial charge >= 0.3 is 0 Å². The van der Waals surface area contributed by atoms with Crippen molar-refractivity contribution in [2.24, 2.45) is 10.8 Å². The fourth-order valence-corrected chi connectivity index (χ4v) is 15.8. The number of nitrogens with zero attached hydrogens (tertiary/aromatic N) is 2. The number of hydrogen-bond acceptors (Lipinski definition) is 1. The van der Waals surface area contributed by atoms with Crippen LogP contribution in [0.1, 0.15) is 107 Å². The molecule has 0 fully saturated rings. The quantitative estimate of drug-likeness (QED) is 0.140. The van der Waals surface area contributed by atoms with Gasteiger partial charge in [0, 0.05) is 38.9 Å². The molecule has 16 rings (SSSR count). The second-order valence-corrected chi connectivity index (χ2v) is 27.9. The fourth-order valence-electron chi connectivity index (χ4n) is 15.8.